The predicted octanol–water partition coefficient (Wildman–Crippen LogP) is 2.03. The SMILES string of the molecule is CS(=O)(=O)c1cccc(-c2nc3ccncc3[nH]2)c1. The molecule has 0 aliphatic rings. The summed E-state index contributed by atoms with van der Waals surface area (Å²) in [5.74, 6) is 0.633. The predicted molar refractivity (Wildman–Crippen MR) is 72.4 cm³/mol. The van der Waals surface area contributed by atoms with Gasteiger partial charge in [0, 0.05) is 18.0 Å². The summed E-state index contributed by atoms with van der Waals surface area (Å²) in [6.07, 6.45) is 4.54. The first-order valence-corrected chi connectivity index (χ1v) is 7.53. The molecule has 19 heavy (non-hydrogen) atoms. The Kier molecular flexibility index (Phi) is 2.60. The van der Waals surface area contributed by atoms with Gasteiger partial charge in [-0.2, -0.15) is 0 Å². The number of hydrogen-bond acceptors (Lipinski definition) is 4. The molecular formula is C13H11N3O2S. The maximum Gasteiger partial charge on any atom is 0.175 e. The highest BCUT2D eigenvalue weighted by atomic mass is 32.2. The molecule has 0 aliphatic heterocycles. The molecule has 0 unspecified atom stereocenters. The molecule has 5 nitrogen and oxygen atoms in total. The van der Waals surface area contributed by atoms with E-state index in [4.69, 9.17) is 0 Å². The quantitative estimate of drug-likeness (QED) is 0.775. The Labute approximate surface area is 110 Å². The molecule has 0 saturated carbocycles. The molecule has 0 fully saturated rings. The van der Waals surface area contributed by atoms with Crippen molar-refractivity contribution in [2.45, 2.75) is 4.90 Å². The highest BCUT2D eigenvalue weighted by Gasteiger charge is 2.10. The minimum atomic E-state index is -3.22. The number of hydrogen-bond donors (Lipinski definition) is 1. The second-order valence-corrected chi connectivity index (χ2v) is 6.29. The second-order valence-electron chi connectivity index (χ2n) is 4.28. The van der Waals surface area contributed by atoms with E-state index >= 15 is 0 Å². The van der Waals surface area contributed by atoms with E-state index in [-0.39, 0.29) is 4.90 Å². The van der Waals surface area contributed by atoms with E-state index in [1.54, 1.807) is 36.7 Å². The van der Waals surface area contributed by atoms with Gasteiger partial charge in [-0.15, -0.1) is 0 Å². The number of aromatic nitrogens is 3. The molecule has 2 heterocycles. The summed E-state index contributed by atoms with van der Waals surface area (Å²) < 4.78 is 23.1. The zero-order chi connectivity index (χ0) is 13.5. The molecule has 0 bridgehead atoms. The van der Waals surface area contributed by atoms with E-state index in [0.29, 0.717) is 5.82 Å². The standard InChI is InChI=1S/C13H11N3O2S/c1-19(17,18)10-4-2-3-9(7-10)13-15-11-5-6-14-8-12(11)16-13/h2-8H,1H3,(H,15,16). The molecular weight excluding hydrogens is 262 g/mol. The Morgan fingerprint density at radius 2 is 2.05 bits per heavy atom. The average Bonchev–Trinajstić information content (AvgIpc) is 2.81. The van der Waals surface area contributed by atoms with E-state index in [0.717, 1.165) is 16.6 Å². The lowest BCUT2D eigenvalue weighted by Gasteiger charge is -2.00. The van der Waals surface area contributed by atoms with E-state index in [1.807, 2.05) is 6.07 Å². The van der Waals surface area contributed by atoms with Crippen LogP contribution in [0.15, 0.2) is 47.6 Å². The minimum absolute atomic E-state index is 0.281. The van der Waals surface area contributed by atoms with Crippen LogP contribution in [0.5, 0.6) is 0 Å². The van der Waals surface area contributed by atoms with Gasteiger partial charge in [0.15, 0.2) is 9.84 Å². The fourth-order valence-electron chi connectivity index (χ4n) is 1.87. The molecule has 3 rings (SSSR count). The van der Waals surface area contributed by atoms with Gasteiger partial charge < -0.3 is 4.98 Å². The molecule has 0 atom stereocenters. The number of H-pyrrole nitrogens is 1. The second kappa shape index (κ2) is 4.17. The lowest BCUT2D eigenvalue weighted by molar-refractivity contribution is 0.602. The number of rotatable bonds is 2. The lowest BCUT2D eigenvalue weighted by Crippen LogP contribution is -1.97. The van der Waals surface area contributed by atoms with Crippen LogP contribution >= 0.6 is 0 Å². The van der Waals surface area contributed by atoms with Crippen molar-refractivity contribution in [2.24, 2.45) is 0 Å². The Balaban J connectivity index is 2.16. The summed E-state index contributed by atoms with van der Waals surface area (Å²) in [6.45, 7) is 0. The van der Waals surface area contributed by atoms with Crippen LogP contribution in [0, 0.1) is 0 Å². The van der Waals surface area contributed by atoms with Crippen LogP contribution in [0.3, 0.4) is 0 Å². The molecule has 0 radical (unpaired) electrons. The van der Waals surface area contributed by atoms with Crippen LogP contribution in [0.25, 0.3) is 22.4 Å². The van der Waals surface area contributed by atoms with Gasteiger partial charge in [-0.3, -0.25) is 4.98 Å². The maximum absolute atomic E-state index is 11.5. The Bertz CT molecular complexity index is 820. The molecule has 2 aromatic heterocycles. The highest BCUT2D eigenvalue weighted by molar-refractivity contribution is 7.90. The first-order valence-electron chi connectivity index (χ1n) is 5.64. The van der Waals surface area contributed by atoms with Gasteiger partial charge >= 0.3 is 0 Å². The van der Waals surface area contributed by atoms with Gasteiger partial charge in [-0.1, -0.05) is 12.1 Å². The van der Waals surface area contributed by atoms with Gasteiger partial charge in [0.05, 0.1) is 22.1 Å². The minimum Gasteiger partial charge on any atom is -0.337 e. The number of nitrogens with zero attached hydrogens (tertiary/aromatic N) is 2. The van der Waals surface area contributed by atoms with E-state index < -0.39 is 9.84 Å². The number of benzene rings is 1. The molecule has 0 saturated heterocycles. The van der Waals surface area contributed by atoms with Crippen molar-refractivity contribution < 1.29 is 8.42 Å². The summed E-state index contributed by atoms with van der Waals surface area (Å²) in [6, 6.07) is 8.51. The molecule has 0 amide bonds. The number of sulfone groups is 1. The molecule has 6 heteroatoms. The van der Waals surface area contributed by atoms with Gasteiger partial charge in [0.1, 0.15) is 5.82 Å². The van der Waals surface area contributed by atoms with Crippen molar-refractivity contribution in [3.05, 3.63) is 42.7 Å². The largest absolute Gasteiger partial charge is 0.337 e. The normalized spacial score (nSPS) is 11.8. The Hall–Kier alpha value is -2.21. The van der Waals surface area contributed by atoms with Crippen molar-refractivity contribution in [1.29, 1.82) is 0 Å². The summed E-state index contributed by atoms with van der Waals surface area (Å²) >= 11 is 0. The van der Waals surface area contributed by atoms with Gasteiger partial charge in [-0.25, -0.2) is 13.4 Å². The van der Waals surface area contributed by atoms with Crippen LogP contribution < -0.4 is 0 Å². The van der Waals surface area contributed by atoms with Crippen molar-refractivity contribution in [2.75, 3.05) is 6.26 Å². The molecule has 0 aliphatic carbocycles. The number of fused-ring (bicyclic) bond motifs is 1. The number of aromatic amines is 1. The molecule has 96 valence electrons. The topological polar surface area (TPSA) is 75.7 Å². The molecule has 1 N–H and O–H groups in total. The zero-order valence-corrected chi connectivity index (χ0v) is 11.0. The fraction of sp³-hybridized carbons (Fsp3) is 0.0769. The third kappa shape index (κ3) is 2.22. The summed E-state index contributed by atoms with van der Waals surface area (Å²) in [4.78, 5) is 11.8. The van der Waals surface area contributed by atoms with Gasteiger partial charge in [0.2, 0.25) is 0 Å². The van der Waals surface area contributed by atoms with Crippen LogP contribution in [0.4, 0.5) is 0 Å². The first-order chi connectivity index (χ1) is 9.04. The van der Waals surface area contributed by atoms with Crippen molar-refractivity contribution in [3.63, 3.8) is 0 Å². The Morgan fingerprint density at radius 1 is 1.21 bits per heavy atom. The first kappa shape index (κ1) is 11.9. The third-order valence-electron chi connectivity index (χ3n) is 2.82. The smallest absolute Gasteiger partial charge is 0.175 e. The zero-order valence-electron chi connectivity index (χ0n) is 10.2. The van der Waals surface area contributed by atoms with E-state index in [1.165, 1.54) is 6.26 Å². The van der Waals surface area contributed by atoms with E-state index in [2.05, 4.69) is 15.0 Å². The van der Waals surface area contributed by atoms with E-state index in [9.17, 15) is 8.42 Å². The number of imidazole rings is 1. The average molecular weight is 273 g/mol. The molecule has 1 aromatic carbocycles. The molecule has 3 aromatic rings. The molecule has 0 spiro atoms. The fourth-order valence-corrected chi connectivity index (χ4v) is 2.53. The van der Waals surface area contributed by atoms with Crippen LogP contribution in [-0.2, 0) is 9.84 Å². The summed E-state index contributed by atoms with van der Waals surface area (Å²) in [5.41, 5.74) is 2.36. The third-order valence-corrected chi connectivity index (χ3v) is 3.93. The summed E-state index contributed by atoms with van der Waals surface area (Å²) in [7, 11) is -3.22. The number of nitrogens with one attached hydrogen (secondary N) is 1. The van der Waals surface area contributed by atoms with Crippen molar-refractivity contribution in [3.8, 4) is 11.4 Å². The summed E-state index contributed by atoms with van der Waals surface area (Å²) in [5, 5.41) is 0. The van der Waals surface area contributed by atoms with Gasteiger partial charge in [0.25, 0.3) is 0 Å². The van der Waals surface area contributed by atoms with Gasteiger partial charge in [-0.05, 0) is 18.2 Å². The lowest BCUT2D eigenvalue weighted by atomic mass is 10.2. The van der Waals surface area contributed by atoms with Crippen LogP contribution in [0.2, 0.25) is 0 Å². The highest BCUT2D eigenvalue weighted by Crippen LogP contribution is 2.22. The van der Waals surface area contributed by atoms with Crippen LogP contribution in [-0.4, -0.2) is 29.6 Å². The van der Waals surface area contributed by atoms with Crippen molar-refractivity contribution in [1.82, 2.24) is 15.0 Å². The van der Waals surface area contributed by atoms with Crippen molar-refractivity contribution >= 4 is 20.9 Å². The number of pyridine rings is 1. The van der Waals surface area contributed by atoms with Crippen LogP contribution in [0.1, 0.15) is 0 Å². The monoisotopic (exact) mass is 273 g/mol. The maximum atomic E-state index is 11.5. The Morgan fingerprint density at radius 3 is 2.79 bits per heavy atom.